The lowest BCUT2D eigenvalue weighted by Crippen LogP contribution is -2.31. The second-order valence-corrected chi connectivity index (χ2v) is 5.77. The minimum absolute atomic E-state index is 0.125. The predicted octanol–water partition coefficient (Wildman–Crippen LogP) is 2.94. The maximum Gasteiger partial charge on any atom is 0.335 e. The van der Waals surface area contributed by atoms with Crippen LogP contribution in [0.5, 0.6) is 5.88 Å². The van der Waals surface area contributed by atoms with Crippen LogP contribution in [0.2, 0.25) is 5.02 Å². The van der Waals surface area contributed by atoms with Gasteiger partial charge in [0.2, 0.25) is 5.88 Å². The van der Waals surface area contributed by atoms with E-state index in [1.807, 2.05) is 6.92 Å². The molecule has 0 spiro atoms. The standard InChI is InChI=1S/C18H14ClN3O3/c1-11-7-8-12(9-15(11)19)20-10-14-16(23)21-18(25)22(17(14)24)13-5-3-2-4-6-13/h2-10,24H,1H3,(H,21,23,25). The second kappa shape index (κ2) is 6.78. The van der Waals surface area contributed by atoms with Crippen molar-refractivity contribution in [2.45, 2.75) is 6.92 Å². The molecule has 7 heteroatoms. The zero-order valence-electron chi connectivity index (χ0n) is 13.2. The fraction of sp³-hybridized carbons (Fsp3) is 0.0556. The van der Waals surface area contributed by atoms with Crippen LogP contribution in [0.15, 0.2) is 63.1 Å². The molecule has 25 heavy (non-hydrogen) atoms. The number of aromatic hydroxyl groups is 1. The van der Waals surface area contributed by atoms with Gasteiger partial charge in [0, 0.05) is 11.2 Å². The Morgan fingerprint density at radius 3 is 2.56 bits per heavy atom. The number of aryl methyl sites for hydroxylation is 1. The van der Waals surface area contributed by atoms with E-state index in [0.717, 1.165) is 10.1 Å². The lowest BCUT2D eigenvalue weighted by Gasteiger charge is -2.09. The van der Waals surface area contributed by atoms with Gasteiger partial charge >= 0.3 is 5.69 Å². The highest BCUT2D eigenvalue weighted by molar-refractivity contribution is 6.31. The Bertz CT molecular complexity index is 1070. The van der Waals surface area contributed by atoms with Gasteiger partial charge in [0.05, 0.1) is 11.4 Å². The van der Waals surface area contributed by atoms with Crippen LogP contribution in [-0.2, 0) is 0 Å². The van der Waals surface area contributed by atoms with Crippen molar-refractivity contribution in [3.63, 3.8) is 0 Å². The summed E-state index contributed by atoms with van der Waals surface area (Å²) in [7, 11) is 0. The largest absolute Gasteiger partial charge is 0.493 e. The van der Waals surface area contributed by atoms with Crippen molar-refractivity contribution in [1.82, 2.24) is 9.55 Å². The van der Waals surface area contributed by atoms with Crippen molar-refractivity contribution in [3.05, 3.63) is 85.5 Å². The summed E-state index contributed by atoms with van der Waals surface area (Å²) in [5, 5.41) is 10.9. The highest BCUT2D eigenvalue weighted by Crippen LogP contribution is 2.22. The fourth-order valence-electron chi connectivity index (χ4n) is 2.27. The molecule has 0 aliphatic carbocycles. The van der Waals surface area contributed by atoms with E-state index < -0.39 is 17.1 Å². The molecular formula is C18H14ClN3O3. The van der Waals surface area contributed by atoms with Crippen LogP contribution in [0.4, 0.5) is 5.69 Å². The maximum absolute atomic E-state index is 12.1. The third-order valence-electron chi connectivity index (χ3n) is 3.63. The molecule has 126 valence electrons. The Morgan fingerprint density at radius 2 is 1.88 bits per heavy atom. The Labute approximate surface area is 147 Å². The number of rotatable bonds is 3. The van der Waals surface area contributed by atoms with Gasteiger partial charge in [-0.1, -0.05) is 35.9 Å². The summed E-state index contributed by atoms with van der Waals surface area (Å²) in [6.07, 6.45) is 1.20. The molecule has 2 aromatic carbocycles. The molecule has 0 aliphatic rings. The third kappa shape index (κ3) is 3.39. The molecule has 0 saturated heterocycles. The number of benzene rings is 2. The number of aliphatic imine (C=N–C) groups is 1. The monoisotopic (exact) mass is 355 g/mol. The highest BCUT2D eigenvalue weighted by atomic mass is 35.5. The molecule has 0 saturated carbocycles. The lowest BCUT2D eigenvalue weighted by atomic mass is 10.2. The quantitative estimate of drug-likeness (QED) is 0.708. The van der Waals surface area contributed by atoms with E-state index in [-0.39, 0.29) is 5.56 Å². The molecule has 1 heterocycles. The molecule has 2 N–H and O–H groups in total. The molecule has 6 nitrogen and oxygen atoms in total. The second-order valence-electron chi connectivity index (χ2n) is 5.36. The summed E-state index contributed by atoms with van der Waals surface area (Å²) < 4.78 is 1.00. The van der Waals surface area contributed by atoms with E-state index in [9.17, 15) is 14.7 Å². The van der Waals surface area contributed by atoms with Crippen LogP contribution in [0, 0.1) is 6.92 Å². The molecule has 3 rings (SSSR count). The number of aromatic nitrogens is 2. The van der Waals surface area contributed by atoms with Gasteiger partial charge in [-0.25, -0.2) is 9.36 Å². The molecule has 0 atom stereocenters. The summed E-state index contributed by atoms with van der Waals surface area (Å²) in [6.45, 7) is 1.86. The van der Waals surface area contributed by atoms with Gasteiger partial charge in [-0.2, -0.15) is 0 Å². The van der Waals surface area contributed by atoms with Gasteiger partial charge in [0.1, 0.15) is 5.56 Å². The van der Waals surface area contributed by atoms with Crippen LogP contribution in [0.25, 0.3) is 5.69 Å². The van der Waals surface area contributed by atoms with E-state index in [1.165, 1.54) is 6.21 Å². The number of nitrogens with zero attached hydrogens (tertiary/aromatic N) is 2. The number of hydrogen-bond acceptors (Lipinski definition) is 4. The van der Waals surface area contributed by atoms with E-state index >= 15 is 0 Å². The molecule has 0 fully saturated rings. The lowest BCUT2D eigenvalue weighted by molar-refractivity contribution is 0.430. The molecule has 0 bridgehead atoms. The van der Waals surface area contributed by atoms with Crippen molar-refractivity contribution < 1.29 is 5.11 Å². The first-order chi connectivity index (χ1) is 12.0. The molecule has 0 amide bonds. The zero-order chi connectivity index (χ0) is 18.0. The SMILES string of the molecule is Cc1ccc(N=Cc2c(O)n(-c3ccccc3)c(=O)[nH]c2=O)cc1Cl. The van der Waals surface area contributed by atoms with Crippen molar-refractivity contribution in [2.24, 2.45) is 4.99 Å². The number of para-hydroxylation sites is 1. The van der Waals surface area contributed by atoms with Crippen LogP contribution in [0.1, 0.15) is 11.1 Å². The van der Waals surface area contributed by atoms with Crippen molar-refractivity contribution in [1.29, 1.82) is 0 Å². The van der Waals surface area contributed by atoms with Crippen LogP contribution >= 0.6 is 11.6 Å². The smallest absolute Gasteiger partial charge is 0.335 e. The van der Waals surface area contributed by atoms with Crippen molar-refractivity contribution in [3.8, 4) is 11.6 Å². The van der Waals surface area contributed by atoms with Gasteiger partial charge in [-0.05, 0) is 36.8 Å². The number of H-pyrrole nitrogens is 1. The summed E-state index contributed by atoms with van der Waals surface area (Å²) in [6, 6.07) is 13.7. The third-order valence-corrected chi connectivity index (χ3v) is 4.04. The number of aromatic amines is 1. The molecule has 0 unspecified atom stereocenters. The van der Waals surface area contributed by atoms with E-state index in [1.54, 1.807) is 48.5 Å². The Hall–Kier alpha value is -3.12. The molecule has 1 aromatic heterocycles. The predicted molar refractivity (Wildman–Crippen MR) is 97.8 cm³/mol. The summed E-state index contributed by atoms with van der Waals surface area (Å²) in [4.78, 5) is 30.4. The average molecular weight is 356 g/mol. The molecule has 3 aromatic rings. The first-order valence-electron chi connectivity index (χ1n) is 7.41. The summed E-state index contributed by atoms with van der Waals surface area (Å²) in [5.74, 6) is -0.484. The maximum atomic E-state index is 12.1. The fourth-order valence-corrected chi connectivity index (χ4v) is 2.45. The molecular weight excluding hydrogens is 342 g/mol. The Balaban J connectivity index is 2.10. The van der Waals surface area contributed by atoms with E-state index in [2.05, 4.69) is 9.98 Å². The topological polar surface area (TPSA) is 87.4 Å². The van der Waals surface area contributed by atoms with Gasteiger partial charge < -0.3 is 5.11 Å². The van der Waals surface area contributed by atoms with Crippen LogP contribution < -0.4 is 11.2 Å². The van der Waals surface area contributed by atoms with Gasteiger partial charge in [0.15, 0.2) is 0 Å². The summed E-state index contributed by atoms with van der Waals surface area (Å²) in [5.41, 5.74) is 0.265. The number of nitrogens with one attached hydrogen (secondary N) is 1. The first kappa shape index (κ1) is 16.7. The van der Waals surface area contributed by atoms with E-state index in [4.69, 9.17) is 11.6 Å². The van der Waals surface area contributed by atoms with Crippen LogP contribution in [0.3, 0.4) is 0 Å². The Kier molecular flexibility index (Phi) is 4.54. The Morgan fingerprint density at radius 1 is 1.16 bits per heavy atom. The normalized spacial score (nSPS) is 11.1. The van der Waals surface area contributed by atoms with Gasteiger partial charge in [0.25, 0.3) is 5.56 Å². The van der Waals surface area contributed by atoms with Crippen molar-refractivity contribution >= 4 is 23.5 Å². The average Bonchev–Trinajstić information content (AvgIpc) is 2.58. The number of halogens is 1. The molecule has 0 radical (unpaired) electrons. The summed E-state index contributed by atoms with van der Waals surface area (Å²) >= 11 is 6.05. The number of hydrogen-bond donors (Lipinski definition) is 2. The van der Waals surface area contributed by atoms with Gasteiger partial charge in [-0.3, -0.25) is 14.8 Å². The molecule has 0 aliphatic heterocycles. The zero-order valence-corrected chi connectivity index (χ0v) is 14.0. The van der Waals surface area contributed by atoms with Gasteiger partial charge in [-0.15, -0.1) is 0 Å². The van der Waals surface area contributed by atoms with E-state index in [0.29, 0.717) is 16.4 Å². The minimum atomic E-state index is -0.732. The highest BCUT2D eigenvalue weighted by Gasteiger charge is 2.13. The first-order valence-corrected chi connectivity index (χ1v) is 7.79. The van der Waals surface area contributed by atoms with Crippen LogP contribution in [-0.4, -0.2) is 20.9 Å². The van der Waals surface area contributed by atoms with Crippen molar-refractivity contribution in [2.75, 3.05) is 0 Å². The minimum Gasteiger partial charge on any atom is -0.493 e.